The molecule has 82 valence electrons. The second-order valence-corrected chi connectivity index (χ2v) is 4.06. The Labute approximate surface area is 90.9 Å². The van der Waals surface area contributed by atoms with Gasteiger partial charge in [0.1, 0.15) is 0 Å². The van der Waals surface area contributed by atoms with E-state index in [1.54, 1.807) is 6.20 Å². The van der Waals surface area contributed by atoms with Crippen molar-refractivity contribution < 1.29 is 4.79 Å². The maximum Gasteiger partial charge on any atom is 0.220 e. The summed E-state index contributed by atoms with van der Waals surface area (Å²) < 4.78 is 0. The highest BCUT2D eigenvalue weighted by Gasteiger charge is 2.03. The van der Waals surface area contributed by atoms with Crippen LogP contribution in [0.3, 0.4) is 0 Å². The van der Waals surface area contributed by atoms with E-state index < -0.39 is 0 Å². The minimum Gasteiger partial charge on any atom is -0.356 e. The first-order valence-electron chi connectivity index (χ1n) is 5.34. The van der Waals surface area contributed by atoms with E-state index in [1.807, 2.05) is 32.2 Å². The van der Waals surface area contributed by atoms with Gasteiger partial charge in [-0.3, -0.25) is 9.78 Å². The molecule has 0 bridgehead atoms. The zero-order valence-corrected chi connectivity index (χ0v) is 9.36. The van der Waals surface area contributed by atoms with Gasteiger partial charge < -0.3 is 5.32 Å². The molecule has 1 amide bonds. The lowest BCUT2D eigenvalue weighted by Crippen LogP contribution is -2.26. The fourth-order valence-corrected chi connectivity index (χ4v) is 1.34. The van der Waals surface area contributed by atoms with Crippen LogP contribution in [0, 0.1) is 5.92 Å². The Morgan fingerprint density at radius 3 is 2.93 bits per heavy atom. The summed E-state index contributed by atoms with van der Waals surface area (Å²) in [5, 5.41) is 2.90. The van der Waals surface area contributed by atoms with Crippen LogP contribution in [0.25, 0.3) is 0 Å². The zero-order chi connectivity index (χ0) is 11.1. The quantitative estimate of drug-likeness (QED) is 0.798. The summed E-state index contributed by atoms with van der Waals surface area (Å²) in [6.45, 7) is 4.78. The van der Waals surface area contributed by atoms with E-state index in [2.05, 4.69) is 10.3 Å². The summed E-state index contributed by atoms with van der Waals surface area (Å²) in [6.07, 6.45) is 5.03. The van der Waals surface area contributed by atoms with E-state index in [9.17, 15) is 4.79 Å². The molecule has 0 saturated heterocycles. The summed E-state index contributed by atoms with van der Waals surface area (Å²) >= 11 is 0. The first kappa shape index (κ1) is 11.7. The van der Waals surface area contributed by atoms with Crippen LogP contribution in [0.5, 0.6) is 0 Å². The van der Waals surface area contributed by atoms with Gasteiger partial charge in [0.2, 0.25) is 5.91 Å². The van der Waals surface area contributed by atoms with Crippen molar-refractivity contribution in [3.63, 3.8) is 0 Å². The molecule has 1 N–H and O–H groups in total. The monoisotopic (exact) mass is 206 g/mol. The molecular formula is C12H18N2O. The minimum absolute atomic E-state index is 0.133. The summed E-state index contributed by atoms with van der Waals surface area (Å²) in [5.41, 5.74) is 1.15. The van der Waals surface area contributed by atoms with Crippen molar-refractivity contribution in [3.05, 3.63) is 30.1 Å². The predicted molar refractivity (Wildman–Crippen MR) is 60.4 cm³/mol. The highest BCUT2D eigenvalue weighted by Crippen LogP contribution is 1.99. The summed E-state index contributed by atoms with van der Waals surface area (Å²) in [7, 11) is 0. The van der Waals surface area contributed by atoms with Crippen LogP contribution in [0.4, 0.5) is 0 Å². The Morgan fingerprint density at radius 1 is 1.53 bits per heavy atom. The van der Waals surface area contributed by atoms with Gasteiger partial charge in [-0.15, -0.1) is 0 Å². The van der Waals surface area contributed by atoms with E-state index in [-0.39, 0.29) is 5.91 Å². The third-order valence-corrected chi connectivity index (χ3v) is 2.05. The van der Waals surface area contributed by atoms with Crippen molar-refractivity contribution in [2.75, 3.05) is 6.54 Å². The molecule has 0 spiro atoms. The number of hydrogen-bond acceptors (Lipinski definition) is 2. The van der Waals surface area contributed by atoms with Crippen LogP contribution < -0.4 is 5.32 Å². The number of aromatic nitrogens is 1. The van der Waals surface area contributed by atoms with E-state index in [0.717, 1.165) is 12.0 Å². The molecular weight excluding hydrogens is 188 g/mol. The van der Waals surface area contributed by atoms with Gasteiger partial charge in [-0.1, -0.05) is 19.9 Å². The Morgan fingerprint density at radius 2 is 2.33 bits per heavy atom. The molecule has 3 heteroatoms. The van der Waals surface area contributed by atoms with E-state index in [1.165, 1.54) is 0 Å². The molecule has 0 radical (unpaired) electrons. The van der Waals surface area contributed by atoms with Gasteiger partial charge in [-0.05, 0) is 24.0 Å². The molecule has 15 heavy (non-hydrogen) atoms. The number of pyridine rings is 1. The predicted octanol–water partition coefficient (Wildman–Crippen LogP) is 1.79. The van der Waals surface area contributed by atoms with Crippen LogP contribution in [0.15, 0.2) is 24.5 Å². The van der Waals surface area contributed by atoms with E-state index >= 15 is 0 Å². The molecule has 0 unspecified atom stereocenters. The molecule has 0 aliphatic carbocycles. The third-order valence-electron chi connectivity index (χ3n) is 2.05. The summed E-state index contributed by atoms with van der Waals surface area (Å²) in [6, 6.07) is 3.92. The van der Waals surface area contributed by atoms with Crippen molar-refractivity contribution in [1.82, 2.24) is 10.3 Å². The SMILES string of the molecule is CC(C)CC(=O)NCCc1cccnc1. The molecule has 1 rings (SSSR count). The number of carbonyl (C=O) groups is 1. The standard InChI is InChI=1S/C12H18N2O/c1-10(2)8-12(15)14-7-5-11-4-3-6-13-9-11/h3-4,6,9-10H,5,7-8H2,1-2H3,(H,14,15). The van der Waals surface area contributed by atoms with Crippen molar-refractivity contribution in [2.45, 2.75) is 26.7 Å². The van der Waals surface area contributed by atoms with Crippen LogP contribution in [-0.4, -0.2) is 17.4 Å². The van der Waals surface area contributed by atoms with E-state index in [4.69, 9.17) is 0 Å². The minimum atomic E-state index is 0.133. The van der Waals surface area contributed by atoms with Gasteiger partial charge in [0, 0.05) is 25.4 Å². The van der Waals surface area contributed by atoms with Gasteiger partial charge in [0.05, 0.1) is 0 Å². The second-order valence-electron chi connectivity index (χ2n) is 4.06. The first-order chi connectivity index (χ1) is 7.18. The lowest BCUT2D eigenvalue weighted by Gasteiger charge is -2.06. The first-order valence-corrected chi connectivity index (χ1v) is 5.34. The second kappa shape index (κ2) is 6.17. The highest BCUT2D eigenvalue weighted by atomic mass is 16.1. The highest BCUT2D eigenvalue weighted by molar-refractivity contribution is 5.76. The Balaban J connectivity index is 2.19. The average molecular weight is 206 g/mol. The maximum atomic E-state index is 11.3. The smallest absolute Gasteiger partial charge is 0.220 e. The maximum absolute atomic E-state index is 11.3. The lowest BCUT2D eigenvalue weighted by atomic mass is 10.1. The molecule has 0 fully saturated rings. The Bertz CT molecular complexity index is 296. The van der Waals surface area contributed by atoms with Gasteiger partial charge >= 0.3 is 0 Å². The fraction of sp³-hybridized carbons (Fsp3) is 0.500. The number of carbonyl (C=O) groups excluding carboxylic acids is 1. The zero-order valence-electron chi connectivity index (χ0n) is 9.36. The number of rotatable bonds is 5. The van der Waals surface area contributed by atoms with Crippen LogP contribution in [-0.2, 0) is 11.2 Å². The topological polar surface area (TPSA) is 42.0 Å². The molecule has 0 aliphatic heterocycles. The lowest BCUT2D eigenvalue weighted by molar-refractivity contribution is -0.121. The van der Waals surface area contributed by atoms with Gasteiger partial charge in [0.25, 0.3) is 0 Å². The normalized spacial score (nSPS) is 10.3. The van der Waals surface area contributed by atoms with Crippen LogP contribution in [0.2, 0.25) is 0 Å². The number of amides is 1. The Hall–Kier alpha value is -1.38. The van der Waals surface area contributed by atoms with Crippen molar-refractivity contribution in [3.8, 4) is 0 Å². The molecule has 0 aliphatic rings. The van der Waals surface area contributed by atoms with Crippen molar-refractivity contribution >= 4 is 5.91 Å². The van der Waals surface area contributed by atoms with Gasteiger partial charge in [0.15, 0.2) is 0 Å². The van der Waals surface area contributed by atoms with E-state index in [0.29, 0.717) is 18.9 Å². The molecule has 0 aromatic carbocycles. The molecule has 3 nitrogen and oxygen atoms in total. The van der Waals surface area contributed by atoms with Gasteiger partial charge in [-0.2, -0.15) is 0 Å². The van der Waals surface area contributed by atoms with Crippen LogP contribution >= 0.6 is 0 Å². The number of nitrogens with one attached hydrogen (secondary N) is 1. The largest absolute Gasteiger partial charge is 0.356 e. The third kappa shape index (κ3) is 5.15. The Kier molecular flexibility index (Phi) is 4.81. The van der Waals surface area contributed by atoms with Crippen LogP contribution in [0.1, 0.15) is 25.8 Å². The number of hydrogen-bond donors (Lipinski definition) is 1. The molecule has 0 atom stereocenters. The summed E-state index contributed by atoms with van der Waals surface area (Å²) in [5.74, 6) is 0.553. The molecule has 1 heterocycles. The molecule has 1 aromatic heterocycles. The fourth-order valence-electron chi connectivity index (χ4n) is 1.34. The van der Waals surface area contributed by atoms with Crippen molar-refractivity contribution in [2.24, 2.45) is 5.92 Å². The summed E-state index contributed by atoms with van der Waals surface area (Å²) in [4.78, 5) is 15.3. The van der Waals surface area contributed by atoms with Crippen molar-refractivity contribution in [1.29, 1.82) is 0 Å². The molecule has 0 saturated carbocycles. The number of nitrogens with zero attached hydrogens (tertiary/aromatic N) is 1. The average Bonchev–Trinajstić information content (AvgIpc) is 2.18. The van der Waals surface area contributed by atoms with Gasteiger partial charge in [-0.25, -0.2) is 0 Å². The molecule has 1 aromatic rings.